The highest BCUT2D eigenvalue weighted by atomic mass is 16.2. The monoisotopic (exact) mass is 343 g/mol. The maximum Gasteiger partial charge on any atom is 0.227 e. The van der Waals surface area contributed by atoms with Gasteiger partial charge in [-0.25, -0.2) is 0 Å². The molecular weight excluding hydrogens is 314 g/mol. The van der Waals surface area contributed by atoms with Crippen LogP contribution in [0.4, 0.5) is 0 Å². The van der Waals surface area contributed by atoms with Gasteiger partial charge in [-0.15, -0.1) is 0 Å². The van der Waals surface area contributed by atoms with Gasteiger partial charge in [-0.1, -0.05) is 30.3 Å². The molecule has 2 aliphatic heterocycles. The molecule has 1 atom stereocenters. The topological polar surface area (TPSA) is 52.7 Å². The fourth-order valence-corrected chi connectivity index (χ4v) is 3.77. The second-order valence-corrected chi connectivity index (χ2v) is 7.43. The Morgan fingerprint density at radius 1 is 1.08 bits per heavy atom. The predicted molar refractivity (Wildman–Crippen MR) is 98.1 cm³/mol. The highest BCUT2D eigenvalue weighted by Gasteiger charge is 2.30. The van der Waals surface area contributed by atoms with Crippen LogP contribution in [0.25, 0.3) is 0 Å². The van der Waals surface area contributed by atoms with Crippen molar-refractivity contribution in [1.82, 2.24) is 15.1 Å². The fraction of sp³-hybridized carbons (Fsp3) is 0.600. The third kappa shape index (κ3) is 5.05. The van der Waals surface area contributed by atoms with Crippen LogP contribution in [0.5, 0.6) is 0 Å². The van der Waals surface area contributed by atoms with Crippen LogP contribution in [0.3, 0.4) is 0 Å². The zero-order chi connectivity index (χ0) is 17.6. The standard InChI is InChI=1S/C20H29N3O2/c1-22-12-9-18(10-13-22)21-20(25)17-8-5-11-23(15-17)19(24)14-16-6-3-2-4-7-16/h2-4,6-7,17-18H,5,8-15H2,1H3,(H,21,25)/t17-/m0/s1. The summed E-state index contributed by atoms with van der Waals surface area (Å²) < 4.78 is 0. The predicted octanol–water partition coefficient (Wildman–Crippen LogP) is 1.68. The van der Waals surface area contributed by atoms with Crippen molar-refractivity contribution in [2.45, 2.75) is 38.1 Å². The molecule has 0 saturated carbocycles. The highest BCUT2D eigenvalue weighted by Crippen LogP contribution is 2.19. The summed E-state index contributed by atoms with van der Waals surface area (Å²) in [6.45, 7) is 3.41. The summed E-state index contributed by atoms with van der Waals surface area (Å²) in [4.78, 5) is 29.3. The largest absolute Gasteiger partial charge is 0.353 e. The molecule has 0 spiro atoms. The second kappa shape index (κ2) is 8.48. The molecule has 136 valence electrons. The molecule has 1 aromatic carbocycles. The molecule has 0 unspecified atom stereocenters. The molecule has 25 heavy (non-hydrogen) atoms. The van der Waals surface area contributed by atoms with Gasteiger partial charge in [0.15, 0.2) is 0 Å². The molecule has 0 bridgehead atoms. The number of benzene rings is 1. The molecule has 5 nitrogen and oxygen atoms in total. The van der Waals surface area contributed by atoms with Gasteiger partial charge < -0.3 is 15.1 Å². The molecule has 2 fully saturated rings. The van der Waals surface area contributed by atoms with Gasteiger partial charge >= 0.3 is 0 Å². The Hall–Kier alpha value is -1.88. The van der Waals surface area contributed by atoms with Gasteiger partial charge in [0.1, 0.15) is 0 Å². The summed E-state index contributed by atoms with van der Waals surface area (Å²) in [5.41, 5.74) is 1.03. The van der Waals surface area contributed by atoms with Crippen molar-refractivity contribution >= 4 is 11.8 Å². The van der Waals surface area contributed by atoms with E-state index in [-0.39, 0.29) is 17.7 Å². The lowest BCUT2D eigenvalue weighted by Gasteiger charge is -2.34. The summed E-state index contributed by atoms with van der Waals surface area (Å²) in [6, 6.07) is 10.1. The first-order valence-corrected chi connectivity index (χ1v) is 9.42. The van der Waals surface area contributed by atoms with Gasteiger partial charge in [-0.2, -0.15) is 0 Å². The highest BCUT2D eigenvalue weighted by molar-refractivity contribution is 5.82. The van der Waals surface area contributed by atoms with Gasteiger partial charge in [0.05, 0.1) is 12.3 Å². The van der Waals surface area contributed by atoms with E-state index < -0.39 is 0 Å². The normalized spacial score (nSPS) is 22.6. The van der Waals surface area contributed by atoms with Crippen LogP contribution in [-0.2, 0) is 16.0 Å². The SMILES string of the molecule is CN1CCC(NC(=O)[C@H]2CCCN(C(=O)Cc3ccccc3)C2)CC1. The number of amides is 2. The zero-order valence-electron chi connectivity index (χ0n) is 15.1. The average molecular weight is 343 g/mol. The molecule has 2 saturated heterocycles. The summed E-state index contributed by atoms with van der Waals surface area (Å²) in [5, 5.41) is 3.21. The fourth-order valence-electron chi connectivity index (χ4n) is 3.77. The average Bonchev–Trinajstić information content (AvgIpc) is 2.64. The van der Waals surface area contributed by atoms with Crippen molar-refractivity contribution in [2.75, 3.05) is 33.2 Å². The molecule has 2 aliphatic rings. The molecule has 3 rings (SSSR count). The summed E-state index contributed by atoms with van der Waals surface area (Å²) in [7, 11) is 2.12. The lowest BCUT2D eigenvalue weighted by Crippen LogP contribution is -2.50. The van der Waals surface area contributed by atoms with Crippen molar-refractivity contribution in [3.05, 3.63) is 35.9 Å². The molecule has 5 heteroatoms. The van der Waals surface area contributed by atoms with E-state index in [1.807, 2.05) is 35.2 Å². The number of likely N-dealkylation sites (tertiary alicyclic amines) is 2. The van der Waals surface area contributed by atoms with E-state index in [0.29, 0.717) is 19.0 Å². The van der Waals surface area contributed by atoms with Crippen LogP contribution < -0.4 is 5.32 Å². The van der Waals surface area contributed by atoms with E-state index in [1.165, 1.54) is 0 Å². The van der Waals surface area contributed by atoms with Gasteiger partial charge in [0.2, 0.25) is 11.8 Å². The van der Waals surface area contributed by atoms with Crippen LogP contribution >= 0.6 is 0 Å². The van der Waals surface area contributed by atoms with Crippen LogP contribution in [0, 0.1) is 5.92 Å². The minimum atomic E-state index is -0.0619. The van der Waals surface area contributed by atoms with Gasteiger partial charge in [-0.3, -0.25) is 9.59 Å². The maximum atomic E-state index is 12.6. The molecule has 0 aromatic heterocycles. The first kappa shape index (κ1) is 17.9. The van der Waals surface area contributed by atoms with Crippen molar-refractivity contribution in [3.63, 3.8) is 0 Å². The third-order valence-electron chi connectivity index (χ3n) is 5.41. The first-order valence-electron chi connectivity index (χ1n) is 9.42. The lowest BCUT2D eigenvalue weighted by molar-refractivity contribution is -0.135. The zero-order valence-corrected chi connectivity index (χ0v) is 15.1. The summed E-state index contributed by atoms with van der Waals surface area (Å²) >= 11 is 0. The van der Waals surface area contributed by atoms with E-state index in [1.54, 1.807) is 0 Å². The van der Waals surface area contributed by atoms with Gasteiger partial charge in [-0.05, 0) is 51.4 Å². The Balaban J connectivity index is 1.50. The lowest BCUT2D eigenvalue weighted by atomic mass is 9.95. The number of nitrogens with zero attached hydrogens (tertiary/aromatic N) is 2. The van der Waals surface area contributed by atoms with Crippen LogP contribution in [-0.4, -0.2) is 60.9 Å². The smallest absolute Gasteiger partial charge is 0.227 e. The first-order chi connectivity index (χ1) is 12.1. The molecular formula is C20H29N3O2. The van der Waals surface area contributed by atoms with Gasteiger partial charge in [0.25, 0.3) is 0 Å². The van der Waals surface area contributed by atoms with Crippen LogP contribution in [0.1, 0.15) is 31.2 Å². The van der Waals surface area contributed by atoms with Crippen molar-refractivity contribution in [3.8, 4) is 0 Å². The van der Waals surface area contributed by atoms with E-state index in [9.17, 15) is 9.59 Å². The number of rotatable bonds is 4. The Morgan fingerprint density at radius 3 is 2.52 bits per heavy atom. The number of carbonyl (C=O) groups is 2. The third-order valence-corrected chi connectivity index (χ3v) is 5.41. The number of carbonyl (C=O) groups excluding carboxylic acids is 2. The van der Waals surface area contributed by atoms with Gasteiger partial charge in [0, 0.05) is 19.1 Å². The molecule has 1 aromatic rings. The minimum Gasteiger partial charge on any atom is -0.353 e. The molecule has 1 N–H and O–H groups in total. The molecule has 0 radical (unpaired) electrons. The van der Waals surface area contributed by atoms with E-state index >= 15 is 0 Å². The van der Waals surface area contributed by atoms with Crippen molar-refractivity contribution in [2.24, 2.45) is 5.92 Å². The van der Waals surface area contributed by atoms with Crippen molar-refractivity contribution < 1.29 is 9.59 Å². The minimum absolute atomic E-state index is 0.0619. The van der Waals surface area contributed by atoms with Crippen molar-refractivity contribution in [1.29, 1.82) is 0 Å². The Bertz CT molecular complexity index is 582. The summed E-state index contributed by atoms with van der Waals surface area (Å²) in [5.74, 6) is 0.197. The Kier molecular flexibility index (Phi) is 6.08. The quantitative estimate of drug-likeness (QED) is 0.905. The van der Waals surface area contributed by atoms with E-state index in [2.05, 4.69) is 17.3 Å². The Morgan fingerprint density at radius 2 is 1.80 bits per heavy atom. The summed E-state index contributed by atoms with van der Waals surface area (Å²) in [6.07, 6.45) is 4.25. The number of hydrogen-bond donors (Lipinski definition) is 1. The molecule has 2 amide bonds. The van der Waals surface area contributed by atoms with Crippen LogP contribution in [0.2, 0.25) is 0 Å². The molecule has 2 heterocycles. The van der Waals surface area contributed by atoms with E-state index in [4.69, 9.17) is 0 Å². The van der Waals surface area contributed by atoms with E-state index in [0.717, 1.165) is 50.9 Å². The second-order valence-electron chi connectivity index (χ2n) is 7.43. The van der Waals surface area contributed by atoms with Crippen LogP contribution in [0.15, 0.2) is 30.3 Å². The number of hydrogen-bond acceptors (Lipinski definition) is 3. The molecule has 0 aliphatic carbocycles. The Labute approximate surface area is 150 Å². The number of nitrogens with one attached hydrogen (secondary N) is 1. The maximum absolute atomic E-state index is 12.6. The number of piperidine rings is 2.